The van der Waals surface area contributed by atoms with Crippen LogP contribution in [0, 0.1) is 0 Å². The summed E-state index contributed by atoms with van der Waals surface area (Å²) in [5.41, 5.74) is 1.56. The molecule has 0 fully saturated rings. The second kappa shape index (κ2) is 4.58. The molecule has 2 aromatic rings. The lowest BCUT2D eigenvalue weighted by Crippen LogP contribution is -2.14. The molecule has 2 rings (SSSR count). The Labute approximate surface area is 100.0 Å². The monoisotopic (exact) mass is 251 g/mol. The third kappa shape index (κ3) is 2.47. The first-order valence-corrected chi connectivity index (χ1v) is 6.71. The number of nitrogens with one attached hydrogen (secondary N) is 2. The molecule has 1 aromatic carbocycles. The zero-order valence-corrected chi connectivity index (χ0v) is 10.2. The van der Waals surface area contributed by atoms with Crippen molar-refractivity contribution in [2.75, 3.05) is 4.72 Å². The lowest BCUT2D eigenvalue weighted by Gasteiger charge is -2.09. The van der Waals surface area contributed by atoms with Gasteiger partial charge in [-0.05, 0) is 18.1 Å². The van der Waals surface area contributed by atoms with Gasteiger partial charge in [0.2, 0.25) is 0 Å². The molecule has 0 bridgehead atoms. The standard InChI is InChI=1S/C11H13N3O2S/c1-2-9-5-3-4-6-10(9)14-17(15,16)11-7-12-8-13-11/h3-8,14H,2H2,1H3,(H,12,13). The van der Waals surface area contributed by atoms with E-state index in [4.69, 9.17) is 0 Å². The Morgan fingerprint density at radius 3 is 2.76 bits per heavy atom. The van der Waals surface area contributed by atoms with Gasteiger partial charge in [0.25, 0.3) is 10.0 Å². The summed E-state index contributed by atoms with van der Waals surface area (Å²) < 4.78 is 26.4. The Morgan fingerprint density at radius 2 is 2.12 bits per heavy atom. The summed E-state index contributed by atoms with van der Waals surface area (Å²) >= 11 is 0. The molecule has 0 unspecified atom stereocenters. The van der Waals surface area contributed by atoms with E-state index in [1.165, 1.54) is 12.5 Å². The van der Waals surface area contributed by atoms with Crippen molar-refractivity contribution in [1.82, 2.24) is 9.97 Å². The Morgan fingerprint density at radius 1 is 1.35 bits per heavy atom. The predicted octanol–water partition coefficient (Wildman–Crippen LogP) is 1.77. The SMILES string of the molecule is CCc1ccccc1NS(=O)(=O)c1cnc[nH]1. The maximum absolute atomic E-state index is 11.9. The summed E-state index contributed by atoms with van der Waals surface area (Å²) in [4.78, 5) is 6.27. The van der Waals surface area contributed by atoms with Crippen molar-refractivity contribution in [3.63, 3.8) is 0 Å². The number of sulfonamides is 1. The molecule has 0 saturated carbocycles. The predicted molar refractivity (Wildman–Crippen MR) is 65.2 cm³/mol. The van der Waals surface area contributed by atoms with E-state index in [0.717, 1.165) is 12.0 Å². The molecular weight excluding hydrogens is 238 g/mol. The summed E-state index contributed by atoms with van der Waals surface area (Å²) in [5, 5.41) is 0.0587. The average molecular weight is 251 g/mol. The molecule has 6 heteroatoms. The van der Waals surface area contributed by atoms with Crippen LogP contribution >= 0.6 is 0 Å². The van der Waals surface area contributed by atoms with Gasteiger partial charge in [0.05, 0.1) is 18.2 Å². The summed E-state index contributed by atoms with van der Waals surface area (Å²) in [6, 6.07) is 7.31. The molecule has 1 aromatic heterocycles. The zero-order valence-electron chi connectivity index (χ0n) is 9.34. The molecule has 1 heterocycles. The molecule has 0 radical (unpaired) electrons. The first kappa shape index (κ1) is 11.7. The first-order chi connectivity index (χ1) is 8.13. The number of benzene rings is 1. The molecule has 2 N–H and O–H groups in total. The second-order valence-corrected chi connectivity index (χ2v) is 5.18. The van der Waals surface area contributed by atoms with E-state index >= 15 is 0 Å². The first-order valence-electron chi connectivity index (χ1n) is 5.22. The van der Waals surface area contributed by atoms with Gasteiger partial charge in [-0.25, -0.2) is 4.98 Å². The minimum absolute atomic E-state index is 0.0587. The van der Waals surface area contributed by atoms with Crippen LogP contribution in [-0.4, -0.2) is 18.4 Å². The van der Waals surface area contributed by atoms with Crippen LogP contribution < -0.4 is 4.72 Å². The van der Waals surface area contributed by atoms with Crippen molar-refractivity contribution in [3.05, 3.63) is 42.4 Å². The van der Waals surface area contributed by atoms with E-state index in [-0.39, 0.29) is 5.03 Å². The Balaban J connectivity index is 2.33. The largest absolute Gasteiger partial charge is 0.334 e. The van der Waals surface area contributed by atoms with Crippen LogP contribution in [0.5, 0.6) is 0 Å². The summed E-state index contributed by atoms with van der Waals surface area (Å²) in [7, 11) is -3.57. The molecule has 0 aliphatic rings. The second-order valence-electron chi connectivity index (χ2n) is 3.53. The molecule has 0 amide bonds. The molecule has 0 aliphatic carbocycles. The maximum Gasteiger partial charge on any atom is 0.278 e. The highest BCUT2D eigenvalue weighted by Crippen LogP contribution is 2.19. The Bertz CT molecular complexity index is 591. The molecule has 0 saturated heterocycles. The number of aromatic amines is 1. The third-order valence-corrected chi connectivity index (χ3v) is 3.70. The van der Waals surface area contributed by atoms with Crippen LogP contribution in [-0.2, 0) is 16.4 Å². The quantitative estimate of drug-likeness (QED) is 0.869. The molecule has 0 atom stereocenters. The minimum Gasteiger partial charge on any atom is -0.334 e. The highest BCUT2D eigenvalue weighted by molar-refractivity contribution is 7.92. The molecule has 17 heavy (non-hydrogen) atoms. The van der Waals surface area contributed by atoms with Gasteiger partial charge in [-0.3, -0.25) is 4.72 Å². The van der Waals surface area contributed by atoms with Gasteiger partial charge in [0, 0.05) is 0 Å². The van der Waals surface area contributed by atoms with Gasteiger partial charge >= 0.3 is 0 Å². The van der Waals surface area contributed by atoms with Crippen molar-refractivity contribution < 1.29 is 8.42 Å². The lowest BCUT2D eigenvalue weighted by molar-refractivity contribution is 0.598. The van der Waals surface area contributed by atoms with Crippen LogP contribution in [0.2, 0.25) is 0 Å². The highest BCUT2D eigenvalue weighted by atomic mass is 32.2. The van der Waals surface area contributed by atoms with Gasteiger partial charge in [-0.2, -0.15) is 8.42 Å². The number of rotatable bonds is 4. The van der Waals surface area contributed by atoms with Gasteiger partial charge < -0.3 is 4.98 Å². The lowest BCUT2D eigenvalue weighted by atomic mass is 10.1. The average Bonchev–Trinajstić information content (AvgIpc) is 2.83. The fourth-order valence-electron chi connectivity index (χ4n) is 1.52. The Hall–Kier alpha value is -1.82. The van der Waals surface area contributed by atoms with E-state index in [2.05, 4.69) is 14.7 Å². The number of H-pyrrole nitrogens is 1. The maximum atomic E-state index is 11.9. The van der Waals surface area contributed by atoms with Gasteiger partial charge in [0.1, 0.15) is 0 Å². The van der Waals surface area contributed by atoms with Gasteiger partial charge in [-0.15, -0.1) is 0 Å². The van der Waals surface area contributed by atoms with Crippen LogP contribution in [0.25, 0.3) is 0 Å². The van der Waals surface area contributed by atoms with Crippen LogP contribution in [0.4, 0.5) is 5.69 Å². The fourth-order valence-corrected chi connectivity index (χ4v) is 2.52. The van der Waals surface area contributed by atoms with Gasteiger partial charge in [0.15, 0.2) is 5.03 Å². The number of aryl methyl sites for hydroxylation is 1. The fraction of sp³-hybridized carbons (Fsp3) is 0.182. The topological polar surface area (TPSA) is 74.8 Å². The summed E-state index contributed by atoms with van der Waals surface area (Å²) in [6.07, 6.45) is 3.37. The highest BCUT2D eigenvalue weighted by Gasteiger charge is 2.16. The molecular formula is C11H13N3O2S. The van der Waals surface area contributed by atoms with Crippen molar-refractivity contribution >= 4 is 15.7 Å². The van der Waals surface area contributed by atoms with Crippen LogP contribution in [0.15, 0.2) is 41.8 Å². The smallest absolute Gasteiger partial charge is 0.278 e. The van der Waals surface area contributed by atoms with Gasteiger partial charge in [-0.1, -0.05) is 25.1 Å². The van der Waals surface area contributed by atoms with E-state index < -0.39 is 10.0 Å². The number of para-hydroxylation sites is 1. The van der Waals surface area contributed by atoms with Crippen molar-refractivity contribution in [2.24, 2.45) is 0 Å². The van der Waals surface area contributed by atoms with E-state index in [1.54, 1.807) is 12.1 Å². The van der Waals surface area contributed by atoms with E-state index in [9.17, 15) is 8.42 Å². The van der Waals surface area contributed by atoms with Crippen molar-refractivity contribution in [2.45, 2.75) is 18.4 Å². The molecule has 0 spiro atoms. The number of hydrogen-bond donors (Lipinski definition) is 2. The van der Waals surface area contributed by atoms with E-state index in [1.807, 2.05) is 19.1 Å². The summed E-state index contributed by atoms with van der Waals surface area (Å²) in [5.74, 6) is 0. The molecule has 0 aliphatic heterocycles. The van der Waals surface area contributed by atoms with Crippen molar-refractivity contribution in [1.29, 1.82) is 0 Å². The van der Waals surface area contributed by atoms with Crippen LogP contribution in [0.3, 0.4) is 0 Å². The normalized spacial score (nSPS) is 11.4. The summed E-state index contributed by atoms with van der Waals surface area (Å²) in [6.45, 7) is 1.98. The zero-order chi connectivity index (χ0) is 12.3. The number of anilines is 1. The van der Waals surface area contributed by atoms with E-state index in [0.29, 0.717) is 5.69 Å². The number of imidazole rings is 1. The van der Waals surface area contributed by atoms with Crippen LogP contribution in [0.1, 0.15) is 12.5 Å². The molecule has 90 valence electrons. The number of hydrogen-bond acceptors (Lipinski definition) is 3. The third-order valence-electron chi connectivity index (χ3n) is 2.41. The number of nitrogens with zero attached hydrogens (tertiary/aromatic N) is 1. The van der Waals surface area contributed by atoms with Crippen molar-refractivity contribution in [3.8, 4) is 0 Å². The Kier molecular flexibility index (Phi) is 3.14. The minimum atomic E-state index is -3.57. The molecule has 5 nitrogen and oxygen atoms in total. The number of aromatic nitrogens is 2.